The lowest BCUT2D eigenvalue weighted by Crippen LogP contribution is -2.40. The molecule has 0 atom stereocenters. The lowest BCUT2D eigenvalue weighted by Gasteiger charge is -2.04. The van der Waals surface area contributed by atoms with Crippen molar-refractivity contribution in [3.63, 3.8) is 0 Å². The number of hydrogen-bond acceptors (Lipinski definition) is 4. The molecule has 0 bridgehead atoms. The molecule has 0 aliphatic heterocycles. The fraction of sp³-hybridized carbons (Fsp3) is 0. The first kappa shape index (κ1) is 10.8. The Morgan fingerprint density at radius 1 is 0.867 bits per heavy atom. The maximum Gasteiger partial charge on any atom is 0.352 e. The van der Waals surface area contributed by atoms with E-state index >= 15 is 0 Å². The summed E-state index contributed by atoms with van der Waals surface area (Å²) < 4.78 is 0.425. The Bertz CT molecular complexity index is 558. The molecule has 0 aliphatic rings. The van der Waals surface area contributed by atoms with E-state index in [1.807, 2.05) is 0 Å². The Balaban J connectivity index is 0.00000112. The van der Waals surface area contributed by atoms with Gasteiger partial charge in [-0.05, 0) is 12.1 Å². The highest BCUT2D eigenvalue weighted by atomic mass is 16.5. The molecule has 0 saturated heterocycles. The molecule has 0 amide bonds. The van der Waals surface area contributed by atoms with Crippen molar-refractivity contribution in [2.45, 2.75) is 0 Å². The number of hydrogen-bond donors (Lipinski definition) is 2. The maximum atomic E-state index is 11.0. The molecule has 7 heteroatoms. The molecular weight excluding hydrogens is 204 g/mol. The van der Waals surface area contributed by atoms with Gasteiger partial charge in [-0.2, -0.15) is 0 Å². The SMILES string of the molecule is O.O=c1c(=O)n(O)c2ccccc2n1O. The average molecular weight is 212 g/mol. The zero-order chi connectivity index (χ0) is 10.3. The largest absolute Gasteiger partial charge is 0.425 e. The zero-order valence-corrected chi connectivity index (χ0v) is 7.41. The van der Waals surface area contributed by atoms with E-state index in [2.05, 4.69) is 0 Å². The van der Waals surface area contributed by atoms with Gasteiger partial charge in [0.1, 0.15) is 11.0 Å². The quantitative estimate of drug-likeness (QED) is 0.422. The Kier molecular flexibility index (Phi) is 2.49. The third-order valence-electron chi connectivity index (χ3n) is 1.91. The summed E-state index contributed by atoms with van der Waals surface area (Å²) in [5.41, 5.74) is -2.24. The summed E-state index contributed by atoms with van der Waals surface area (Å²) in [6.45, 7) is 0. The van der Waals surface area contributed by atoms with E-state index in [0.29, 0.717) is 0 Å². The van der Waals surface area contributed by atoms with E-state index in [9.17, 15) is 20.0 Å². The van der Waals surface area contributed by atoms with Gasteiger partial charge < -0.3 is 15.9 Å². The van der Waals surface area contributed by atoms with Crippen LogP contribution in [-0.4, -0.2) is 25.4 Å². The molecular formula is C8H8N2O5. The summed E-state index contributed by atoms with van der Waals surface area (Å²) >= 11 is 0. The van der Waals surface area contributed by atoms with Crippen molar-refractivity contribution < 1.29 is 15.9 Å². The van der Waals surface area contributed by atoms with Gasteiger partial charge in [-0.25, -0.2) is 0 Å². The molecule has 0 spiro atoms. The first-order valence-electron chi connectivity index (χ1n) is 3.78. The topological polar surface area (TPSA) is 116 Å². The predicted molar refractivity (Wildman–Crippen MR) is 50.5 cm³/mol. The summed E-state index contributed by atoms with van der Waals surface area (Å²) in [6, 6.07) is 5.95. The lowest BCUT2D eigenvalue weighted by atomic mass is 10.3. The van der Waals surface area contributed by atoms with E-state index in [1.165, 1.54) is 12.1 Å². The minimum atomic E-state index is -1.19. The summed E-state index contributed by atoms with van der Waals surface area (Å²) in [4.78, 5) is 22.0. The maximum absolute atomic E-state index is 11.0. The fourth-order valence-corrected chi connectivity index (χ4v) is 1.22. The molecule has 0 radical (unpaired) electrons. The molecule has 1 heterocycles. The van der Waals surface area contributed by atoms with Crippen LogP contribution in [-0.2, 0) is 0 Å². The van der Waals surface area contributed by atoms with Gasteiger partial charge in [0.25, 0.3) is 0 Å². The standard InChI is InChI=1S/C8H6N2O4.H2O/c11-7-8(12)10(14)6-4-2-1-3-5(6)9(7)13;/h1-4,13-14H;1H2. The van der Waals surface area contributed by atoms with E-state index < -0.39 is 11.1 Å². The summed E-state index contributed by atoms with van der Waals surface area (Å²) in [7, 11) is 0. The number of rotatable bonds is 0. The number of nitrogens with zero attached hydrogens (tertiary/aromatic N) is 2. The van der Waals surface area contributed by atoms with Crippen molar-refractivity contribution in [2.24, 2.45) is 0 Å². The van der Waals surface area contributed by atoms with Crippen molar-refractivity contribution in [2.75, 3.05) is 0 Å². The van der Waals surface area contributed by atoms with Crippen LogP contribution >= 0.6 is 0 Å². The molecule has 15 heavy (non-hydrogen) atoms. The molecule has 1 aromatic heterocycles. The normalized spacial score (nSPS) is 9.87. The van der Waals surface area contributed by atoms with Crippen molar-refractivity contribution in [1.82, 2.24) is 9.46 Å². The van der Waals surface area contributed by atoms with E-state index in [1.54, 1.807) is 12.1 Å². The smallest absolute Gasteiger partial charge is 0.352 e. The van der Waals surface area contributed by atoms with Gasteiger partial charge in [0, 0.05) is 0 Å². The van der Waals surface area contributed by atoms with Crippen LogP contribution < -0.4 is 11.1 Å². The zero-order valence-electron chi connectivity index (χ0n) is 7.41. The Labute approximate surface area is 82.3 Å². The van der Waals surface area contributed by atoms with E-state index in [4.69, 9.17) is 0 Å². The molecule has 0 saturated carbocycles. The van der Waals surface area contributed by atoms with Gasteiger partial charge in [0.15, 0.2) is 0 Å². The summed E-state index contributed by atoms with van der Waals surface area (Å²) in [5, 5.41) is 18.5. The van der Waals surface area contributed by atoms with Crippen LogP contribution in [0.5, 0.6) is 0 Å². The number of aromatic nitrogens is 2. The van der Waals surface area contributed by atoms with Gasteiger partial charge in [-0.1, -0.05) is 12.1 Å². The highest BCUT2D eigenvalue weighted by molar-refractivity contribution is 5.74. The highest BCUT2D eigenvalue weighted by Crippen LogP contribution is 2.06. The molecule has 0 fully saturated rings. The van der Waals surface area contributed by atoms with Crippen LogP contribution in [0.15, 0.2) is 33.9 Å². The minimum Gasteiger partial charge on any atom is -0.425 e. The highest BCUT2D eigenvalue weighted by Gasteiger charge is 2.10. The number of fused-ring (bicyclic) bond motifs is 1. The van der Waals surface area contributed by atoms with Crippen LogP contribution in [0.3, 0.4) is 0 Å². The molecule has 1 aromatic carbocycles. The molecule has 4 N–H and O–H groups in total. The first-order valence-corrected chi connectivity index (χ1v) is 3.78. The molecule has 7 nitrogen and oxygen atoms in total. The minimum absolute atomic E-state index is 0. The van der Waals surface area contributed by atoms with E-state index in [-0.39, 0.29) is 26.0 Å². The first-order chi connectivity index (χ1) is 6.63. The molecule has 2 rings (SSSR count). The fourth-order valence-electron chi connectivity index (χ4n) is 1.22. The van der Waals surface area contributed by atoms with Gasteiger partial charge in [0.2, 0.25) is 0 Å². The molecule has 0 aliphatic carbocycles. The monoisotopic (exact) mass is 212 g/mol. The second kappa shape index (κ2) is 3.46. The van der Waals surface area contributed by atoms with Crippen LogP contribution in [0.1, 0.15) is 0 Å². The molecule has 2 aromatic rings. The third-order valence-corrected chi connectivity index (χ3v) is 1.91. The van der Waals surface area contributed by atoms with Gasteiger partial charge in [-0.3, -0.25) is 9.59 Å². The van der Waals surface area contributed by atoms with Crippen molar-refractivity contribution in [1.29, 1.82) is 0 Å². The Hall–Kier alpha value is -2.28. The Morgan fingerprint density at radius 2 is 1.20 bits per heavy atom. The summed E-state index contributed by atoms with van der Waals surface area (Å²) in [6.07, 6.45) is 0. The van der Waals surface area contributed by atoms with Crippen molar-refractivity contribution >= 4 is 11.0 Å². The van der Waals surface area contributed by atoms with Gasteiger partial charge >= 0.3 is 11.1 Å². The third kappa shape index (κ3) is 1.34. The van der Waals surface area contributed by atoms with Crippen molar-refractivity contribution in [3.8, 4) is 0 Å². The van der Waals surface area contributed by atoms with Crippen LogP contribution in [0, 0.1) is 0 Å². The lowest BCUT2D eigenvalue weighted by molar-refractivity contribution is 0.157. The van der Waals surface area contributed by atoms with E-state index in [0.717, 1.165) is 0 Å². The summed E-state index contributed by atoms with van der Waals surface area (Å²) in [5.74, 6) is 0. The van der Waals surface area contributed by atoms with Crippen LogP contribution in [0.25, 0.3) is 11.0 Å². The van der Waals surface area contributed by atoms with Crippen LogP contribution in [0.2, 0.25) is 0 Å². The van der Waals surface area contributed by atoms with Gasteiger partial charge in [-0.15, -0.1) is 9.46 Å². The van der Waals surface area contributed by atoms with Gasteiger partial charge in [0.05, 0.1) is 0 Å². The average Bonchev–Trinajstić information content (AvgIpc) is 2.23. The molecule has 0 unspecified atom stereocenters. The number of benzene rings is 1. The second-order valence-electron chi connectivity index (χ2n) is 2.72. The second-order valence-corrected chi connectivity index (χ2v) is 2.72. The molecule has 80 valence electrons. The number of para-hydroxylation sites is 2. The predicted octanol–water partition coefficient (Wildman–Crippen LogP) is -1.19. The Morgan fingerprint density at radius 3 is 1.53 bits per heavy atom. The van der Waals surface area contributed by atoms with Crippen LogP contribution in [0.4, 0.5) is 0 Å². The van der Waals surface area contributed by atoms with Crippen molar-refractivity contribution in [3.05, 3.63) is 45.0 Å².